The van der Waals surface area contributed by atoms with Crippen molar-refractivity contribution in [3.8, 4) is 5.75 Å². The highest BCUT2D eigenvalue weighted by atomic mass is 79.9. The minimum absolute atomic E-state index is 0.00458. The van der Waals surface area contributed by atoms with E-state index in [1.54, 1.807) is 0 Å². The van der Waals surface area contributed by atoms with Crippen LogP contribution in [0.25, 0.3) is 0 Å². The van der Waals surface area contributed by atoms with Crippen LogP contribution in [0.2, 0.25) is 5.02 Å². The van der Waals surface area contributed by atoms with Crippen LogP contribution < -0.4 is 0 Å². The Kier molecular flexibility index (Phi) is 3.17. The summed E-state index contributed by atoms with van der Waals surface area (Å²) in [6.07, 6.45) is 0. The van der Waals surface area contributed by atoms with Gasteiger partial charge in [-0.2, -0.15) is 0 Å². The van der Waals surface area contributed by atoms with E-state index in [9.17, 15) is 9.90 Å². The molecule has 0 saturated heterocycles. The minimum Gasteiger partial charge on any atom is -0.506 e. The smallest absolute Gasteiger partial charge is 0.339 e. The van der Waals surface area contributed by atoms with Crippen molar-refractivity contribution in [1.82, 2.24) is 0 Å². The Bertz CT molecular complexity index is 351. The highest BCUT2D eigenvalue weighted by molar-refractivity contribution is 9.10. The van der Waals surface area contributed by atoms with Crippen LogP contribution in [0.1, 0.15) is 10.4 Å². The first kappa shape index (κ1) is 10.3. The first-order valence-electron chi connectivity index (χ1n) is 3.32. The van der Waals surface area contributed by atoms with Gasteiger partial charge in [0.05, 0.1) is 17.7 Å². The van der Waals surface area contributed by atoms with Crippen molar-refractivity contribution in [2.45, 2.75) is 0 Å². The molecule has 3 nitrogen and oxygen atoms in total. The van der Waals surface area contributed by atoms with Crippen LogP contribution in [0.15, 0.2) is 16.6 Å². The number of hydrogen-bond acceptors (Lipinski definition) is 3. The van der Waals surface area contributed by atoms with Crippen LogP contribution in [-0.4, -0.2) is 18.2 Å². The summed E-state index contributed by atoms with van der Waals surface area (Å²) < 4.78 is 5.04. The Morgan fingerprint density at radius 3 is 2.77 bits per heavy atom. The average molecular weight is 265 g/mol. The van der Waals surface area contributed by atoms with Gasteiger partial charge in [0.15, 0.2) is 0 Å². The molecular weight excluding hydrogens is 259 g/mol. The normalized spacial score (nSPS) is 9.77. The first-order chi connectivity index (χ1) is 6.06. The van der Waals surface area contributed by atoms with Gasteiger partial charge in [-0.25, -0.2) is 4.79 Å². The van der Waals surface area contributed by atoms with Gasteiger partial charge in [0.25, 0.3) is 0 Å². The van der Waals surface area contributed by atoms with Crippen molar-refractivity contribution in [2.24, 2.45) is 0 Å². The molecule has 0 fully saturated rings. The third-order valence-corrected chi connectivity index (χ3v) is 2.28. The number of carbonyl (C=O) groups is 1. The Morgan fingerprint density at radius 1 is 1.62 bits per heavy atom. The maximum Gasteiger partial charge on any atom is 0.339 e. The number of hydrogen-bond donors (Lipinski definition) is 1. The van der Waals surface area contributed by atoms with Gasteiger partial charge >= 0.3 is 5.97 Å². The topological polar surface area (TPSA) is 46.5 Å². The zero-order valence-electron chi connectivity index (χ0n) is 6.67. The number of ether oxygens (including phenoxy) is 1. The van der Waals surface area contributed by atoms with Gasteiger partial charge in [-0.15, -0.1) is 0 Å². The molecule has 13 heavy (non-hydrogen) atoms. The number of methoxy groups -OCH3 is 1. The lowest BCUT2D eigenvalue weighted by molar-refractivity contribution is 0.0600. The van der Waals surface area contributed by atoms with Crippen molar-refractivity contribution in [3.63, 3.8) is 0 Å². The molecule has 0 aliphatic rings. The molecule has 1 rings (SSSR count). The molecule has 5 heteroatoms. The Hall–Kier alpha value is -0.740. The highest BCUT2D eigenvalue weighted by Crippen LogP contribution is 2.31. The molecule has 0 aliphatic heterocycles. The summed E-state index contributed by atoms with van der Waals surface area (Å²) in [5.41, 5.74) is 0.135. The van der Waals surface area contributed by atoms with Gasteiger partial charge in [-0.05, 0) is 12.1 Å². The molecule has 0 atom stereocenters. The summed E-state index contributed by atoms with van der Waals surface area (Å²) in [5.74, 6) is -0.738. The van der Waals surface area contributed by atoms with Gasteiger partial charge < -0.3 is 9.84 Å². The molecule has 1 aromatic carbocycles. The SMILES string of the molecule is COC(=O)c1cc(Br)cc(O)c1Cl. The van der Waals surface area contributed by atoms with Crippen LogP contribution in [0.4, 0.5) is 0 Å². The maximum atomic E-state index is 11.1. The molecule has 1 N–H and O–H groups in total. The van der Waals surface area contributed by atoms with Crippen LogP contribution in [0, 0.1) is 0 Å². The first-order valence-corrected chi connectivity index (χ1v) is 4.49. The largest absolute Gasteiger partial charge is 0.506 e. The average Bonchev–Trinajstić information content (AvgIpc) is 2.10. The second kappa shape index (κ2) is 3.98. The second-order valence-electron chi connectivity index (χ2n) is 2.28. The fourth-order valence-corrected chi connectivity index (χ4v) is 1.47. The number of phenols is 1. The molecular formula is C8H6BrClO3. The minimum atomic E-state index is -0.582. The van der Waals surface area contributed by atoms with Gasteiger partial charge in [0.2, 0.25) is 0 Å². The van der Waals surface area contributed by atoms with E-state index in [2.05, 4.69) is 20.7 Å². The summed E-state index contributed by atoms with van der Waals surface area (Å²) in [6.45, 7) is 0. The van der Waals surface area contributed by atoms with Gasteiger partial charge in [-0.3, -0.25) is 0 Å². The molecule has 0 aliphatic carbocycles. The molecule has 0 heterocycles. The van der Waals surface area contributed by atoms with E-state index in [-0.39, 0.29) is 16.3 Å². The van der Waals surface area contributed by atoms with Gasteiger partial charge in [-0.1, -0.05) is 27.5 Å². The van der Waals surface area contributed by atoms with Crippen LogP contribution >= 0.6 is 27.5 Å². The number of benzene rings is 1. The van der Waals surface area contributed by atoms with Crippen molar-refractivity contribution < 1.29 is 14.6 Å². The molecule has 0 aromatic heterocycles. The van der Waals surface area contributed by atoms with Crippen LogP contribution in [0.3, 0.4) is 0 Å². The number of carbonyl (C=O) groups excluding carboxylic acids is 1. The fraction of sp³-hybridized carbons (Fsp3) is 0.125. The molecule has 0 amide bonds. The van der Waals surface area contributed by atoms with Gasteiger partial charge in [0.1, 0.15) is 5.75 Å². The third-order valence-electron chi connectivity index (χ3n) is 1.42. The van der Waals surface area contributed by atoms with E-state index in [0.29, 0.717) is 4.47 Å². The van der Waals surface area contributed by atoms with Crippen molar-refractivity contribution in [1.29, 1.82) is 0 Å². The van der Waals surface area contributed by atoms with E-state index >= 15 is 0 Å². The van der Waals surface area contributed by atoms with Crippen molar-refractivity contribution >= 4 is 33.5 Å². The zero-order valence-corrected chi connectivity index (χ0v) is 9.02. The summed E-state index contributed by atoms with van der Waals surface area (Å²) in [6, 6.07) is 2.88. The molecule has 0 spiro atoms. The van der Waals surface area contributed by atoms with Crippen molar-refractivity contribution in [2.75, 3.05) is 7.11 Å². The molecule has 0 radical (unpaired) electrons. The standard InChI is InChI=1S/C8H6BrClO3/c1-13-8(12)5-2-4(9)3-6(11)7(5)10/h2-3,11H,1H3. The number of aromatic hydroxyl groups is 1. The number of rotatable bonds is 1. The van der Waals surface area contributed by atoms with E-state index in [1.165, 1.54) is 19.2 Å². The zero-order chi connectivity index (χ0) is 10.0. The van der Waals surface area contributed by atoms with Crippen molar-refractivity contribution in [3.05, 3.63) is 27.2 Å². The summed E-state index contributed by atoms with van der Waals surface area (Å²) in [5, 5.41) is 9.25. The number of esters is 1. The van der Waals surface area contributed by atoms with E-state index in [1.807, 2.05) is 0 Å². The maximum absolute atomic E-state index is 11.1. The monoisotopic (exact) mass is 264 g/mol. The van der Waals surface area contributed by atoms with Crippen LogP contribution in [0.5, 0.6) is 5.75 Å². The lowest BCUT2D eigenvalue weighted by Crippen LogP contribution is -2.01. The molecule has 0 bridgehead atoms. The van der Waals surface area contributed by atoms with E-state index in [0.717, 1.165) is 0 Å². The number of phenolic OH excluding ortho intramolecular Hbond substituents is 1. The Morgan fingerprint density at radius 2 is 2.23 bits per heavy atom. The molecule has 70 valence electrons. The third kappa shape index (κ3) is 2.14. The van der Waals surface area contributed by atoms with E-state index < -0.39 is 5.97 Å². The Balaban J connectivity index is 3.28. The quantitative estimate of drug-likeness (QED) is 0.794. The van der Waals surface area contributed by atoms with E-state index in [4.69, 9.17) is 11.6 Å². The van der Waals surface area contributed by atoms with Gasteiger partial charge in [0, 0.05) is 4.47 Å². The summed E-state index contributed by atoms with van der Waals surface area (Å²) in [4.78, 5) is 11.1. The fourth-order valence-electron chi connectivity index (χ4n) is 0.833. The summed E-state index contributed by atoms with van der Waals surface area (Å²) in [7, 11) is 1.25. The second-order valence-corrected chi connectivity index (χ2v) is 3.57. The molecule has 1 aromatic rings. The lowest BCUT2D eigenvalue weighted by Gasteiger charge is -2.04. The lowest BCUT2D eigenvalue weighted by atomic mass is 10.2. The molecule has 0 unspecified atom stereocenters. The number of halogens is 2. The Labute approximate surface area is 88.4 Å². The predicted molar refractivity (Wildman–Crippen MR) is 52.2 cm³/mol. The van der Waals surface area contributed by atoms with Crippen LogP contribution in [-0.2, 0) is 4.74 Å². The summed E-state index contributed by atoms with van der Waals surface area (Å²) >= 11 is 8.79. The predicted octanol–water partition coefficient (Wildman–Crippen LogP) is 2.59. The highest BCUT2D eigenvalue weighted by Gasteiger charge is 2.14. The molecule has 0 saturated carbocycles.